The third-order valence-corrected chi connectivity index (χ3v) is 4.28. The van der Waals surface area contributed by atoms with Crippen molar-refractivity contribution in [2.24, 2.45) is 0 Å². The number of Topliss-reactive ketones (excluding diaryl/α,β-unsaturated/α-hetero) is 1. The molecule has 0 atom stereocenters. The highest BCUT2D eigenvalue weighted by atomic mass is 16.2. The van der Waals surface area contributed by atoms with Gasteiger partial charge in [0.25, 0.3) is 5.56 Å². The average Bonchev–Trinajstić information content (AvgIpc) is 3.16. The Morgan fingerprint density at radius 2 is 1.76 bits per heavy atom. The largest absolute Gasteiger partial charge is 0.326 e. The van der Waals surface area contributed by atoms with Gasteiger partial charge in [-0.2, -0.15) is 5.10 Å². The molecule has 4 aromatic rings. The number of ketones is 1. The van der Waals surface area contributed by atoms with Crippen molar-refractivity contribution in [3.63, 3.8) is 0 Å². The number of para-hydroxylation sites is 1. The van der Waals surface area contributed by atoms with Crippen molar-refractivity contribution in [1.82, 2.24) is 24.8 Å². The number of fused-ring (bicyclic) bond motifs is 1. The second-order valence-electron chi connectivity index (χ2n) is 6.36. The highest BCUT2D eigenvalue weighted by molar-refractivity contribution is 5.97. The molecule has 0 bridgehead atoms. The molecule has 1 N–H and O–H groups in total. The number of carbonyl (C=O) groups excluding carboxylic acids is 2. The maximum Gasteiger partial charge on any atom is 0.281 e. The second kappa shape index (κ2) is 7.47. The molecule has 0 unspecified atom stereocenters. The molecule has 0 aliphatic rings. The molecule has 29 heavy (non-hydrogen) atoms. The van der Waals surface area contributed by atoms with Crippen molar-refractivity contribution >= 4 is 28.4 Å². The molecular formula is C20H16N6O3. The summed E-state index contributed by atoms with van der Waals surface area (Å²) in [7, 11) is 0. The van der Waals surface area contributed by atoms with E-state index in [1.807, 2.05) is 30.3 Å². The van der Waals surface area contributed by atoms with Crippen LogP contribution >= 0.6 is 0 Å². The van der Waals surface area contributed by atoms with Crippen molar-refractivity contribution in [2.75, 3.05) is 5.32 Å². The SMILES string of the molecule is CC(=O)Nc1ccc(C(=O)Cn2nnc3c(cnn3-c3ccccc3)c2=O)cc1. The number of aromatic nitrogens is 5. The quantitative estimate of drug-likeness (QED) is 0.522. The van der Waals surface area contributed by atoms with Gasteiger partial charge in [-0.15, -0.1) is 5.10 Å². The number of benzene rings is 2. The predicted molar refractivity (Wildman–Crippen MR) is 106 cm³/mol. The van der Waals surface area contributed by atoms with Gasteiger partial charge in [-0.3, -0.25) is 14.4 Å². The fourth-order valence-corrected chi connectivity index (χ4v) is 2.90. The lowest BCUT2D eigenvalue weighted by Crippen LogP contribution is -2.27. The smallest absolute Gasteiger partial charge is 0.281 e. The van der Waals surface area contributed by atoms with Gasteiger partial charge < -0.3 is 5.32 Å². The summed E-state index contributed by atoms with van der Waals surface area (Å²) in [5.74, 6) is -0.499. The molecule has 2 aromatic heterocycles. The Balaban J connectivity index is 1.60. The van der Waals surface area contributed by atoms with Crippen LogP contribution in [-0.4, -0.2) is 36.5 Å². The van der Waals surface area contributed by atoms with Crippen LogP contribution in [0.1, 0.15) is 17.3 Å². The number of nitrogens with zero attached hydrogens (tertiary/aromatic N) is 5. The minimum Gasteiger partial charge on any atom is -0.326 e. The first-order valence-corrected chi connectivity index (χ1v) is 8.81. The maximum atomic E-state index is 12.7. The summed E-state index contributed by atoms with van der Waals surface area (Å²) in [6.07, 6.45) is 1.42. The number of nitrogens with one attached hydrogen (secondary N) is 1. The molecule has 9 nitrogen and oxygen atoms in total. The van der Waals surface area contributed by atoms with Gasteiger partial charge in [0.1, 0.15) is 11.9 Å². The third kappa shape index (κ3) is 3.65. The monoisotopic (exact) mass is 388 g/mol. The molecule has 0 spiro atoms. The van der Waals surface area contributed by atoms with E-state index in [0.29, 0.717) is 16.9 Å². The second-order valence-corrected chi connectivity index (χ2v) is 6.36. The Bertz CT molecular complexity index is 1260. The molecule has 144 valence electrons. The van der Waals surface area contributed by atoms with Crippen molar-refractivity contribution in [2.45, 2.75) is 13.5 Å². The zero-order valence-electron chi connectivity index (χ0n) is 15.4. The van der Waals surface area contributed by atoms with Crippen LogP contribution in [0.3, 0.4) is 0 Å². The van der Waals surface area contributed by atoms with Crippen LogP contribution in [0.25, 0.3) is 16.7 Å². The van der Waals surface area contributed by atoms with Gasteiger partial charge >= 0.3 is 0 Å². The van der Waals surface area contributed by atoms with Gasteiger partial charge in [-0.1, -0.05) is 23.4 Å². The molecule has 0 fully saturated rings. The standard InChI is InChI=1S/C20H16N6O3/c1-13(27)22-15-9-7-14(8-10-15)18(28)12-25-20(29)17-11-21-26(19(17)23-24-25)16-5-3-2-4-6-16/h2-11H,12H2,1H3,(H,22,27). The topological polar surface area (TPSA) is 112 Å². The fourth-order valence-electron chi connectivity index (χ4n) is 2.90. The lowest BCUT2D eigenvalue weighted by molar-refractivity contribution is -0.114. The third-order valence-electron chi connectivity index (χ3n) is 4.28. The van der Waals surface area contributed by atoms with Crippen molar-refractivity contribution in [1.29, 1.82) is 0 Å². The van der Waals surface area contributed by atoms with Crippen molar-refractivity contribution in [3.8, 4) is 5.69 Å². The summed E-state index contributed by atoms with van der Waals surface area (Å²) >= 11 is 0. The first kappa shape index (κ1) is 18.2. The van der Waals surface area contributed by atoms with E-state index in [9.17, 15) is 14.4 Å². The summed E-state index contributed by atoms with van der Waals surface area (Å²) < 4.78 is 2.54. The molecule has 9 heteroatoms. The minimum atomic E-state index is -0.444. The lowest BCUT2D eigenvalue weighted by atomic mass is 10.1. The van der Waals surface area contributed by atoms with Gasteiger partial charge in [0.2, 0.25) is 5.91 Å². The Morgan fingerprint density at radius 1 is 1.03 bits per heavy atom. The van der Waals surface area contributed by atoms with E-state index in [4.69, 9.17) is 0 Å². The fraction of sp³-hybridized carbons (Fsp3) is 0.100. The Labute approximate surface area is 164 Å². The predicted octanol–water partition coefficient (Wildman–Crippen LogP) is 1.82. The van der Waals surface area contributed by atoms with Crippen LogP contribution < -0.4 is 10.9 Å². The van der Waals surface area contributed by atoms with Crippen LogP contribution in [0.2, 0.25) is 0 Å². The molecule has 0 saturated heterocycles. The van der Waals surface area contributed by atoms with Gasteiger partial charge in [-0.05, 0) is 36.4 Å². The van der Waals surface area contributed by atoms with Gasteiger partial charge in [0, 0.05) is 18.2 Å². The molecule has 2 heterocycles. The van der Waals surface area contributed by atoms with Crippen LogP contribution in [0, 0.1) is 0 Å². The van der Waals surface area contributed by atoms with E-state index in [1.165, 1.54) is 17.8 Å². The number of hydrogen-bond acceptors (Lipinski definition) is 6. The van der Waals surface area contributed by atoms with E-state index in [-0.39, 0.29) is 23.6 Å². The molecule has 4 rings (SSSR count). The van der Waals surface area contributed by atoms with Crippen molar-refractivity contribution < 1.29 is 9.59 Å². The zero-order valence-corrected chi connectivity index (χ0v) is 15.4. The first-order valence-electron chi connectivity index (χ1n) is 8.81. The Kier molecular flexibility index (Phi) is 4.70. The van der Waals surface area contributed by atoms with Gasteiger partial charge in [0.05, 0.1) is 11.9 Å². The van der Waals surface area contributed by atoms with Crippen LogP contribution in [0.4, 0.5) is 5.69 Å². The Hall–Kier alpha value is -4.14. The summed E-state index contributed by atoms with van der Waals surface area (Å²) in [5.41, 5.74) is 1.61. The van der Waals surface area contributed by atoms with Crippen LogP contribution in [0.5, 0.6) is 0 Å². The number of anilines is 1. The number of carbonyl (C=O) groups is 2. The van der Waals surface area contributed by atoms with E-state index >= 15 is 0 Å². The summed E-state index contributed by atoms with van der Waals surface area (Å²) in [5, 5.41) is 15.1. The highest BCUT2D eigenvalue weighted by Crippen LogP contribution is 2.13. The molecule has 1 amide bonds. The van der Waals surface area contributed by atoms with E-state index < -0.39 is 5.56 Å². The van der Waals surface area contributed by atoms with Crippen molar-refractivity contribution in [3.05, 3.63) is 76.7 Å². The van der Waals surface area contributed by atoms with E-state index in [1.54, 1.807) is 24.3 Å². The van der Waals surface area contributed by atoms with Gasteiger partial charge in [0.15, 0.2) is 11.4 Å². The van der Waals surface area contributed by atoms with Gasteiger partial charge in [-0.25, -0.2) is 9.36 Å². The maximum absolute atomic E-state index is 12.7. The molecule has 0 radical (unpaired) electrons. The molecule has 0 aliphatic heterocycles. The lowest BCUT2D eigenvalue weighted by Gasteiger charge is -2.06. The number of rotatable bonds is 5. The Morgan fingerprint density at radius 3 is 2.45 bits per heavy atom. The highest BCUT2D eigenvalue weighted by Gasteiger charge is 2.15. The average molecular weight is 388 g/mol. The molecule has 0 saturated carbocycles. The molecular weight excluding hydrogens is 372 g/mol. The molecule has 0 aliphatic carbocycles. The number of amides is 1. The molecule has 2 aromatic carbocycles. The summed E-state index contributed by atoms with van der Waals surface area (Å²) in [6.45, 7) is 1.15. The van der Waals surface area contributed by atoms with Crippen LogP contribution in [0.15, 0.2) is 65.6 Å². The van der Waals surface area contributed by atoms with E-state index in [2.05, 4.69) is 20.7 Å². The normalized spacial score (nSPS) is 10.8. The summed E-state index contributed by atoms with van der Waals surface area (Å²) in [6, 6.07) is 15.7. The zero-order chi connectivity index (χ0) is 20.4. The number of hydrogen-bond donors (Lipinski definition) is 1. The van der Waals surface area contributed by atoms with Crippen LogP contribution in [-0.2, 0) is 11.3 Å². The van der Waals surface area contributed by atoms with E-state index in [0.717, 1.165) is 10.4 Å². The minimum absolute atomic E-state index is 0.199. The first-order chi connectivity index (χ1) is 14.0. The summed E-state index contributed by atoms with van der Waals surface area (Å²) in [4.78, 5) is 36.3.